The summed E-state index contributed by atoms with van der Waals surface area (Å²) in [5.41, 5.74) is 3.33. The summed E-state index contributed by atoms with van der Waals surface area (Å²) in [6.07, 6.45) is 4.19. The number of hydrogen-bond acceptors (Lipinski definition) is 3. The summed E-state index contributed by atoms with van der Waals surface area (Å²) in [5, 5.41) is 3.10. The van der Waals surface area contributed by atoms with Crippen molar-refractivity contribution in [1.82, 2.24) is 4.72 Å². The van der Waals surface area contributed by atoms with Gasteiger partial charge in [-0.2, -0.15) is 0 Å². The van der Waals surface area contributed by atoms with Crippen LogP contribution >= 0.6 is 0 Å². The predicted octanol–water partition coefficient (Wildman–Crippen LogP) is 3.42. The molecule has 1 saturated carbocycles. The Kier molecular flexibility index (Phi) is 5.68. The number of fused-ring (bicyclic) bond motifs is 1. The van der Waals surface area contributed by atoms with Crippen molar-refractivity contribution >= 4 is 15.7 Å². The second kappa shape index (κ2) is 7.62. The lowest BCUT2D eigenvalue weighted by Crippen LogP contribution is -2.41. The van der Waals surface area contributed by atoms with Crippen LogP contribution in [0.3, 0.4) is 0 Å². The molecule has 1 unspecified atom stereocenters. The van der Waals surface area contributed by atoms with E-state index in [0.29, 0.717) is 18.8 Å². The van der Waals surface area contributed by atoms with Crippen molar-refractivity contribution in [3.63, 3.8) is 0 Å². The molecule has 4 nitrogen and oxygen atoms in total. The van der Waals surface area contributed by atoms with Crippen LogP contribution in [0.2, 0.25) is 0 Å². The lowest BCUT2D eigenvalue weighted by molar-refractivity contribution is 0.323. The van der Waals surface area contributed by atoms with Crippen LogP contribution < -0.4 is 10.0 Å². The fraction of sp³-hybridized carbons (Fsp3) is 0.684. The second-order valence-electron chi connectivity index (χ2n) is 7.80. The highest BCUT2D eigenvalue weighted by molar-refractivity contribution is 7.90. The molecular formula is C19H29FN2O2S. The van der Waals surface area contributed by atoms with Crippen LogP contribution in [0.4, 0.5) is 10.1 Å². The van der Waals surface area contributed by atoms with Gasteiger partial charge in [0.15, 0.2) is 0 Å². The molecule has 0 aromatic heterocycles. The van der Waals surface area contributed by atoms with Crippen molar-refractivity contribution < 1.29 is 12.8 Å². The maximum Gasteiger partial charge on any atom is 0.214 e. The molecule has 1 aromatic rings. The maximum atomic E-state index is 13.5. The van der Waals surface area contributed by atoms with Crippen LogP contribution in [0.25, 0.3) is 0 Å². The number of hydrogen-bond donors (Lipinski definition) is 2. The van der Waals surface area contributed by atoms with E-state index in [9.17, 15) is 12.8 Å². The Morgan fingerprint density at radius 1 is 1.12 bits per heavy atom. The average molecular weight is 369 g/mol. The molecule has 2 N–H and O–H groups in total. The van der Waals surface area contributed by atoms with Crippen molar-refractivity contribution in [2.24, 2.45) is 5.92 Å². The minimum Gasteiger partial charge on any atom is -0.385 e. The van der Waals surface area contributed by atoms with Crippen LogP contribution in [0.1, 0.15) is 50.7 Å². The van der Waals surface area contributed by atoms with E-state index in [-0.39, 0.29) is 11.3 Å². The molecule has 2 aliphatic carbocycles. The summed E-state index contributed by atoms with van der Waals surface area (Å²) >= 11 is 0. The predicted molar refractivity (Wildman–Crippen MR) is 100 cm³/mol. The molecule has 25 heavy (non-hydrogen) atoms. The first-order valence-corrected chi connectivity index (χ1v) is 10.9. The van der Waals surface area contributed by atoms with Gasteiger partial charge in [-0.3, -0.25) is 0 Å². The van der Waals surface area contributed by atoms with Crippen molar-refractivity contribution in [1.29, 1.82) is 0 Å². The highest BCUT2D eigenvalue weighted by Crippen LogP contribution is 2.29. The Morgan fingerprint density at radius 3 is 2.48 bits per heavy atom. The van der Waals surface area contributed by atoms with Gasteiger partial charge in [0.05, 0.1) is 5.25 Å². The largest absolute Gasteiger partial charge is 0.385 e. The van der Waals surface area contributed by atoms with E-state index in [1.165, 1.54) is 0 Å². The number of halogens is 1. The Bertz CT molecular complexity index is 697. The summed E-state index contributed by atoms with van der Waals surface area (Å²) in [4.78, 5) is 0. The lowest BCUT2D eigenvalue weighted by Gasteiger charge is -2.29. The fourth-order valence-electron chi connectivity index (χ4n) is 3.79. The molecule has 0 aliphatic heterocycles. The number of anilines is 1. The van der Waals surface area contributed by atoms with E-state index in [0.717, 1.165) is 49.0 Å². The van der Waals surface area contributed by atoms with Gasteiger partial charge in [0.1, 0.15) is 6.17 Å². The van der Waals surface area contributed by atoms with Crippen LogP contribution in [0, 0.1) is 5.92 Å². The minimum absolute atomic E-state index is 0.0742. The number of sulfonamides is 1. The molecule has 1 aromatic carbocycles. The zero-order valence-electron chi connectivity index (χ0n) is 15.1. The molecule has 6 heteroatoms. The highest BCUT2D eigenvalue weighted by atomic mass is 32.2. The Labute approximate surface area is 150 Å². The summed E-state index contributed by atoms with van der Waals surface area (Å²) in [6, 6.07) is 6.23. The second-order valence-corrected chi connectivity index (χ2v) is 10.1. The molecular weight excluding hydrogens is 339 g/mol. The van der Waals surface area contributed by atoms with E-state index < -0.39 is 16.2 Å². The standard InChI is InChI=1S/C19H29FN2O2S/c1-13(2)25(23,24)22-18-6-3-14(4-7-18)12-21-19-8-5-15-9-17(20)10-16(15)11-19/h5,8,11,13-14,17-18,21-22H,3-4,6-7,9-10,12H2,1-2H3/t14-,17?,18-. The summed E-state index contributed by atoms with van der Waals surface area (Å²) in [6.45, 7) is 4.31. The first-order chi connectivity index (χ1) is 11.8. The van der Waals surface area contributed by atoms with Crippen LogP contribution in [0.5, 0.6) is 0 Å². The van der Waals surface area contributed by atoms with Crippen molar-refractivity contribution in [2.45, 2.75) is 69.8 Å². The first-order valence-electron chi connectivity index (χ1n) is 9.34. The fourth-order valence-corrected chi connectivity index (χ4v) is 4.76. The quantitative estimate of drug-likeness (QED) is 0.809. The molecule has 140 valence electrons. The van der Waals surface area contributed by atoms with Crippen molar-refractivity contribution in [2.75, 3.05) is 11.9 Å². The zero-order valence-corrected chi connectivity index (χ0v) is 15.9. The maximum absolute atomic E-state index is 13.5. The molecule has 0 radical (unpaired) electrons. The molecule has 0 heterocycles. The van der Waals surface area contributed by atoms with E-state index in [2.05, 4.69) is 16.1 Å². The van der Waals surface area contributed by atoms with Crippen LogP contribution in [-0.2, 0) is 22.9 Å². The Morgan fingerprint density at radius 2 is 1.80 bits per heavy atom. The first kappa shape index (κ1) is 18.6. The van der Waals surface area contributed by atoms with Gasteiger partial charge in [-0.25, -0.2) is 17.5 Å². The van der Waals surface area contributed by atoms with E-state index in [1.54, 1.807) is 13.8 Å². The number of benzene rings is 1. The Balaban J connectivity index is 1.45. The third kappa shape index (κ3) is 4.73. The average Bonchev–Trinajstić information content (AvgIpc) is 2.93. The van der Waals surface area contributed by atoms with Gasteiger partial charge in [0.25, 0.3) is 0 Å². The molecule has 0 saturated heterocycles. The molecule has 0 bridgehead atoms. The number of rotatable bonds is 6. The zero-order chi connectivity index (χ0) is 18.0. The number of alkyl halides is 1. The summed E-state index contributed by atoms with van der Waals surface area (Å²) < 4.78 is 40.2. The van der Waals surface area contributed by atoms with E-state index >= 15 is 0 Å². The smallest absolute Gasteiger partial charge is 0.214 e. The molecule has 2 aliphatic rings. The van der Waals surface area contributed by atoms with Crippen molar-refractivity contribution in [3.05, 3.63) is 29.3 Å². The highest BCUT2D eigenvalue weighted by Gasteiger charge is 2.26. The number of nitrogens with one attached hydrogen (secondary N) is 2. The topological polar surface area (TPSA) is 58.2 Å². The van der Waals surface area contributed by atoms with Gasteiger partial charge in [-0.05, 0) is 68.7 Å². The van der Waals surface area contributed by atoms with Gasteiger partial charge in [0.2, 0.25) is 10.0 Å². The third-order valence-corrected chi connectivity index (χ3v) is 7.39. The van der Waals surface area contributed by atoms with E-state index in [1.807, 2.05) is 12.1 Å². The Hall–Kier alpha value is -1.14. The van der Waals surface area contributed by atoms with Gasteiger partial charge < -0.3 is 5.32 Å². The van der Waals surface area contributed by atoms with Crippen LogP contribution in [0.15, 0.2) is 18.2 Å². The summed E-state index contributed by atoms with van der Waals surface area (Å²) in [5.74, 6) is 0.557. The summed E-state index contributed by atoms with van der Waals surface area (Å²) in [7, 11) is -3.18. The normalized spacial score (nSPS) is 26.6. The SMILES string of the molecule is CC(C)S(=O)(=O)N[C@H]1CC[C@H](CNc2ccc3c(c2)CC(F)C3)CC1. The lowest BCUT2D eigenvalue weighted by atomic mass is 9.86. The van der Waals surface area contributed by atoms with E-state index in [4.69, 9.17) is 0 Å². The van der Waals surface area contributed by atoms with Gasteiger partial charge in [-0.15, -0.1) is 0 Å². The molecule has 0 spiro atoms. The minimum atomic E-state index is -3.18. The van der Waals surface area contributed by atoms with Crippen molar-refractivity contribution in [3.8, 4) is 0 Å². The monoisotopic (exact) mass is 368 g/mol. The molecule has 3 rings (SSSR count). The van der Waals surface area contributed by atoms with Gasteiger partial charge in [-0.1, -0.05) is 6.07 Å². The third-order valence-electron chi connectivity index (χ3n) is 5.48. The molecule has 0 amide bonds. The van der Waals surface area contributed by atoms with Gasteiger partial charge in [0, 0.05) is 31.1 Å². The van der Waals surface area contributed by atoms with Crippen LogP contribution in [-0.4, -0.2) is 32.4 Å². The molecule has 1 atom stereocenters. The molecule has 1 fully saturated rings. The van der Waals surface area contributed by atoms with Gasteiger partial charge >= 0.3 is 0 Å².